The van der Waals surface area contributed by atoms with Crippen LogP contribution in [0.3, 0.4) is 0 Å². The third kappa shape index (κ3) is 6.00. The first-order valence-electron chi connectivity index (χ1n) is 13.4. The second kappa shape index (κ2) is 12.3. The summed E-state index contributed by atoms with van der Waals surface area (Å²) in [5, 5.41) is 19.6. The molecule has 3 N–H and O–H groups in total. The van der Waals surface area contributed by atoms with E-state index in [9.17, 15) is 9.90 Å². The van der Waals surface area contributed by atoms with Gasteiger partial charge in [-0.25, -0.2) is 9.78 Å². The fraction of sp³-hybridized carbons (Fsp3) is 0.323. The molecule has 0 spiro atoms. The van der Waals surface area contributed by atoms with Gasteiger partial charge in [-0.3, -0.25) is 4.90 Å². The Hall–Kier alpha value is -4.21. The molecule has 0 radical (unpaired) electrons. The Morgan fingerprint density at radius 3 is 2.83 bits per heavy atom. The quantitative estimate of drug-likeness (QED) is 0.190. The fourth-order valence-electron chi connectivity index (χ4n) is 5.26. The van der Waals surface area contributed by atoms with E-state index >= 15 is 0 Å². The van der Waals surface area contributed by atoms with Gasteiger partial charge in [0.25, 0.3) is 0 Å². The molecule has 1 unspecified atom stereocenters. The molecule has 208 valence electrons. The average Bonchev–Trinajstić information content (AvgIpc) is 3.51. The van der Waals surface area contributed by atoms with E-state index in [4.69, 9.17) is 19.6 Å². The lowest BCUT2D eigenvalue weighted by Crippen LogP contribution is -2.39. The number of aromatic nitrogens is 1. The van der Waals surface area contributed by atoms with Crippen LogP contribution in [0.1, 0.15) is 28.7 Å². The fourth-order valence-corrected chi connectivity index (χ4v) is 5.26. The van der Waals surface area contributed by atoms with Crippen molar-refractivity contribution in [2.75, 3.05) is 32.2 Å². The molecule has 2 aliphatic heterocycles. The molecule has 1 fully saturated rings. The molecule has 40 heavy (non-hydrogen) atoms. The van der Waals surface area contributed by atoms with Gasteiger partial charge in [0, 0.05) is 37.5 Å². The summed E-state index contributed by atoms with van der Waals surface area (Å²) in [4.78, 5) is 18.7. The topological polar surface area (TPSA) is 117 Å². The van der Waals surface area contributed by atoms with Gasteiger partial charge in [0.1, 0.15) is 23.7 Å². The van der Waals surface area contributed by atoms with E-state index in [1.54, 1.807) is 6.07 Å². The van der Waals surface area contributed by atoms with E-state index in [0.29, 0.717) is 24.2 Å². The highest BCUT2D eigenvalue weighted by molar-refractivity contribution is 6.08. The highest BCUT2D eigenvalue weighted by Crippen LogP contribution is 2.34. The summed E-state index contributed by atoms with van der Waals surface area (Å²) in [6, 6.07) is 18.5. The number of benzene rings is 2. The van der Waals surface area contributed by atoms with Crippen LogP contribution in [0.15, 0.2) is 66.1 Å². The van der Waals surface area contributed by atoms with Crippen LogP contribution in [-0.4, -0.2) is 60.1 Å². The van der Waals surface area contributed by atoms with Crippen molar-refractivity contribution in [1.29, 1.82) is 5.41 Å². The van der Waals surface area contributed by atoms with Gasteiger partial charge in [0.05, 0.1) is 19.4 Å². The van der Waals surface area contributed by atoms with Crippen molar-refractivity contribution in [3.05, 3.63) is 88.3 Å². The number of fused-ring (bicyclic) bond motifs is 1. The van der Waals surface area contributed by atoms with E-state index in [1.165, 1.54) is 18.2 Å². The van der Waals surface area contributed by atoms with E-state index in [-0.39, 0.29) is 11.5 Å². The third-order valence-electron chi connectivity index (χ3n) is 7.42. The number of ether oxygens (including phenoxy) is 3. The maximum absolute atomic E-state index is 11.5. The number of aliphatic carboxylic acids is 1. The van der Waals surface area contributed by atoms with Crippen LogP contribution in [-0.2, 0) is 33.8 Å². The van der Waals surface area contributed by atoms with E-state index in [1.807, 2.05) is 37.3 Å². The predicted molar refractivity (Wildman–Crippen MR) is 153 cm³/mol. The summed E-state index contributed by atoms with van der Waals surface area (Å²) >= 11 is 0. The monoisotopic (exact) mass is 542 g/mol. The van der Waals surface area contributed by atoms with Crippen molar-refractivity contribution in [3.63, 3.8) is 0 Å². The van der Waals surface area contributed by atoms with Crippen LogP contribution in [0.2, 0.25) is 0 Å². The molecule has 3 heterocycles. The zero-order valence-electron chi connectivity index (χ0n) is 22.8. The number of nitrogens with zero attached hydrogens (tertiary/aromatic N) is 2. The van der Waals surface area contributed by atoms with Crippen LogP contribution in [0.25, 0.3) is 11.3 Å². The largest absolute Gasteiger partial charge is 0.488 e. The Kier molecular flexibility index (Phi) is 8.42. The summed E-state index contributed by atoms with van der Waals surface area (Å²) in [6.07, 6.45) is 2.87. The minimum atomic E-state index is -1.27. The first-order chi connectivity index (χ1) is 19.5. The maximum Gasteiger partial charge on any atom is 0.342 e. The molecule has 1 saturated heterocycles. The highest BCUT2D eigenvalue weighted by Gasteiger charge is 2.26. The maximum atomic E-state index is 11.5. The molecule has 9 nitrogen and oxygen atoms in total. The molecule has 0 bridgehead atoms. The van der Waals surface area contributed by atoms with Crippen LogP contribution in [0.5, 0.6) is 5.75 Å². The minimum absolute atomic E-state index is 0.0695. The lowest BCUT2D eigenvalue weighted by Gasteiger charge is -2.33. The summed E-state index contributed by atoms with van der Waals surface area (Å²) < 4.78 is 17.2. The summed E-state index contributed by atoms with van der Waals surface area (Å²) in [6.45, 7) is 6.16. The van der Waals surface area contributed by atoms with Gasteiger partial charge in [-0.1, -0.05) is 36.4 Å². The lowest BCUT2D eigenvalue weighted by molar-refractivity contribution is -0.132. The summed E-state index contributed by atoms with van der Waals surface area (Å²) in [5.41, 5.74) is 6.05. The second-order valence-electron chi connectivity index (χ2n) is 10.0. The third-order valence-corrected chi connectivity index (χ3v) is 7.42. The number of aryl methyl sites for hydroxylation is 1. The van der Waals surface area contributed by atoms with Crippen LogP contribution >= 0.6 is 0 Å². The number of hydrogen-bond acceptors (Lipinski definition) is 8. The molecule has 9 heteroatoms. The number of carboxylic acids is 1. The lowest BCUT2D eigenvalue weighted by atomic mass is 9.96. The molecule has 0 amide bonds. The molecule has 1 aromatic heterocycles. The first-order valence-corrected chi connectivity index (χ1v) is 13.4. The number of carboxylic acid groups (broad SMARTS) is 1. The highest BCUT2D eigenvalue weighted by atomic mass is 16.5. The van der Waals surface area contributed by atoms with Crippen molar-refractivity contribution >= 4 is 18.0 Å². The standard InChI is InChI=1S/C31H34N4O5/c1-20-5-3-6-25(27-7-4-8-28(33-27)34-30(38-2)26(16-32)31(36)37)29(20)40-18-21-9-10-23-17-35(13-11-22(23)15-21)24-12-14-39-19-24/h3-10,15-16,24,32H,11-14,17-19H2,1-2H3,(H,33,34)(H,36,37)/b30-26-,32-16?. The number of anilines is 1. The van der Waals surface area contributed by atoms with Crippen LogP contribution < -0.4 is 10.1 Å². The first kappa shape index (κ1) is 27.4. The zero-order valence-corrected chi connectivity index (χ0v) is 22.8. The smallest absolute Gasteiger partial charge is 0.342 e. The van der Waals surface area contributed by atoms with Crippen molar-refractivity contribution < 1.29 is 24.1 Å². The van der Waals surface area contributed by atoms with Crippen LogP contribution in [0, 0.1) is 12.3 Å². The van der Waals surface area contributed by atoms with Gasteiger partial charge in [0.15, 0.2) is 0 Å². The van der Waals surface area contributed by atoms with E-state index < -0.39 is 5.97 Å². The molecule has 2 aliphatic rings. The molecular formula is C31H34N4O5. The number of pyridine rings is 1. The Labute approximate surface area is 233 Å². The number of methoxy groups -OCH3 is 1. The van der Waals surface area contributed by atoms with Gasteiger partial charge in [0.2, 0.25) is 5.88 Å². The van der Waals surface area contributed by atoms with Gasteiger partial charge in [-0.05, 0) is 60.2 Å². The molecule has 2 aromatic carbocycles. The van der Waals surface area contributed by atoms with E-state index in [0.717, 1.165) is 67.8 Å². The van der Waals surface area contributed by atoms with Gasteiger partial charge < -0.3 is 30.0 Å². The Morgan fingerprint density at radius 2 is 2.08 bits per heavy atom. The Bertz CT molecular complexity index is 1430. The molecule has 3 aromatic rings. The SMILES string of the molecule is CO/C(Nc1cccc(-c2cccc(C)c2OCc2ccc3c(c2)CCN(C2CCOC2)C3)n1)=C(/C=N)C(=O)O. The van der Waals surface area contributed by atoms with Crippen LogP contribution in [0.4, 0.5) is 5.82 Å². The van der Waals surface area contributed by atoms with E-state index in [2.05, 4.69) is 33.4 Å². The zero-order chi connectivity index (χ0) is 28.1. The minimum Gasteiger partial charge on any atom is -0.488 e. The number of rotatable bonds is 10. The second-order valence-corrected chi connectivity index (χ2v) is 10.0. The molecule has 1 atom stereocenters. The Morgan fingerprint density at radius 1 is 1.23 bits per heavy atom. The predicted octanol–water partition coefficient (Wildman–Crippen LogP) is 4.79. The van der Waals surface area contributed by atoms with Crippen molar-refractivity contribution in [1.82, 2.24) is 9.88 Å². The number of para-hydroxylation sites is 1. The number of carbonyl (C=O) groups is 1. The van der Waals surface area contributed by atoms with Gasteiger partial charge in [-0.15, -0.1) is 0 Å². The molecule has 0 aliphatic carbocycles. The van der Waals surface area contributed by atoms with Crippen molar-refractivity contribution in [3.8, 4) is 17.0 Å². The molecule has 5 rings (SSSR count). The molecule has 0 saturated carbocycles. The van der Waals surface area contributed by atoms with Gasteiger partial charge >= 0.3 is 5.97 Å². The molecular weight excluding hydrogens is 508 g/mol. The van der Waals surface area contributed by atoms with Gasteiger partial charge in [-0.2, -0.15) is 0 Å². The number of hydrogen-bond donors (Lipinski definition) is 3. The number of nitrogens with one attached hydrogen (secondary N) is 2. The average molecular weight is 543 g/mol. The summed E-state index contributed by atoms with van der Waals surface area (Å²) in [7, 11) is 1.34. The normalized spacial score (nSPS) is 17.5. The Balaban J connectivity index is 1.33. The van der Waals surface area contributed by atoms with Crippen molar-refractivity contribution in [2.24, 2.45) is 0 Å². The summed E-state index contributed by atoms with van der Waals surface area (Å²) in [5.74, 6) is -0.214. The van der Waals surface area contributed by atoms with Crippen molar-refractivity contribution in [2.45, 2.75) is 39.0 Å².